The molecule has 0 saturated carbocycles. The summed E-state index contributed by atoms with van der Waals surface area (Å²) in [6.07, 6.45) is 6.22. The summed E-state index contributed by atoms with van der Waals surface area (Å²) in [6, 6.07) is 6.06. The number of nitrogens with zero attached hydrogens (tertiary/aromatic N) is 6. The third-order valence-corrected chi connectivity index (χ3v) is 3.29. The molecule has 2 heterocycles. The minimum atomic E-state index is -1.15. The molecule has 0 atom stereocenters. The Kier molecular flexibility index (Phi) is 3.92. The Labute approximate surface area is 126 Å². The summed E-state index contributed by atoms with van der Waals surface area (Å²) in [7, 11) is 0. The second-order valence-electron chi connectivity index (χ2n) is 5.21. The molecule has 1 aromatic carbocycles. The zero-order valence-corrected chi connectivity index (χ0v) is 11.7. The van der Waals surface area contributed by atoms with Gasteiger partial charge in [0.1, 0.15) is 36.7 Å². The van der Waals surface area contributed by atoms with Gasteiger partial charge in [-0.15, -0.1) is 0 Å². The van der Waals surface area contributed by atoms with Crippen molar-refractivity contribution in [2.24, 2.45) is 0 Å². The van der Waals surface area contributed by atoms with Crippen LogP contribution in [0.15, 0.2) is 49.6 Å². The highest BCUT2D eigenvalue weighted by molar-refractivity contribution is 5.18. The Balaban J connectivity index is 1.82. The molecule has 1 N–H and O–H groups in total. The molecule has 7 nitrogen and oxygen atoms in total. The minimum absolute atomic E-state index is 0.240. The first-order valence-electron chi connectivity index (χ1n) is 6.75. The monoisotopic (exact) mass is 302 g/mol. The van der Waals surface area contributed by atoms with Gasteiger partial charge in [0.15, 0.2) is 0 Å². The van der Waals surface area contributed by atoms with E-state index in [1.807, 2.05) is 0 Å². The molecule has 114 valence electrons. The zero-order chi connectivity index (χ0) is 15.4. The standard InChI is InChI=1S/C14H15FN6O/c15-13-3-1-12(2-4-13)5-14(22,6-20-10-16-8-18-20)7-21-11-17-9-19-21/h1-4,8-11,22H,5-7H2. The van der Waals surface area contributed by atoms with Gasteiger partial charge in [0.2, 0.25) is 0 Å². The van der Waals surface area contributed by atoms with Gasteiger partial charge in [0.25, 0.3) is 0 Å². The van der Waals surface area contributed by atoms with Gasteiger partial charge >= 0.3 is 0 Å². The maximum absolute atomic E-state index is 13.0. The van der Waals surface area contributed by atoms with Crippen LogP contribution in [-0.4, -0.2) is 40.2 Å². The molecule has 0 saturated heterocycles. The average molecular weight is 302 g/mol. The largest absolute Gasteiger partial charge is 0.386 e. The number of hydrogen-bond donors (Lipinski definition) is 1. The Morgan fingerprint density at radius 2 is 1.50 bits per heavy atom. The van der Waals surface area contributed by atoms with Crippen molar-refractivity contribution in [2.75, 3.05) is 0 Å². The van der Waals surface area contributed by atoms with E-state index in [1.54, 1.807) is 21.5 Å². The topological polar surface area (TPSA) is 81.6 Å². The molecule has 2 aromatic heterocycles. The van der Waals surface area contributed by atoms with Crippen LogP contribution in [0.5, 0.6) is 0 Å². The van der Waals surface area contributed by atoms with E-state index in [2.05, 4.69) is 20.2 Å². The number of aliphatic hydroxyl groups is 1. The lowest BCUT2D eigenvalue weighted by molar-refractivity contribution is -0.000139. The number of rotatable bonds is 6. The highest BCUT2D eigenvalue weighted by Gasteiger charge is 2.29. The summed E-state index contributed by atoms with van der Waals surface area (Å²) in [5.74, 6) is -0.306. The molecule has 0 fully saturated rings. The minimum Gasteiger partial charge on any atom is -0.386 e. The van der Waals surface area contributed by atoms with Crippen molar-refractivity contribution in [2.45, 2.75) is 25.1 Å². The van der Waals surface area contributed by atoms with E-state index in [4.69, 9.17) is 0 Å². The summed E-state index contributed by atoms with van der Waals surface area (Å²) in [6.45, 7) is 0.481. The van der Waals surface area contributed by atoms with E-state index in [0.29, 0.717) is 6.42 Å². The van der Waals surface area contributed by atoms with Crippen molar-refractivity contribution in [1.82, 2.24) is 29.5 Å². The summed E-state index contributed by atoms with van der Waals surface area (Å²) in [4.78, 5) is 7.76. The fourth-order valence-electron chi connectivity index (χ4n) is 2.38. The van der Waals surface area contributed by atoms with Crippen LogP contribution < -0.4 is 0 Å². The first-order valence-corrected chi connectivity index (χ1v) is 6.75. The van der Waals surface area contributed by atoms with Crippen molar-refractivity contribution >= 4 is 0 Å². The summed E-state index contributed by atoms with van der Waals surface area (Å²) in [5, 5.41) is 19.1. The van der Waals surface area contributed by atoms with Gasteiger partial charge in [-0.25, -0.2) is 23.7 Å². The molecule has 8 heteroatoms. The van der Waals surface area contributed by atoms with Crippen LogP contribution in [0.1, 0.15) is 5.56 Å². The predicted molar refractivity (Wildman–Crippen MR) is 75.1 cm³/mol. The van der Waals surface area contributed by atoms with E-state index >= 15 is 0 Å². The van der Waals surface area contributed by atoms with Crippen LogP contribution >= 0.6 is 0 Å². The van der Waals surface area contributed by atoms with Crippen molar-refractivity contribution in [3.8, 4) is 0 Å². The lowest BCUT2D eigenvalue weighted by Crippen LogP contribution is -2.41. The molecule has 0 bridgehead atoms. The third-order valence-electron chi connectivity index (χ3n) is 3.29. The van der Waals surface area contributed by atoms with Gasteiger partial charge in [0.05, 0.1) is 13.1 Å². The van der Waals surface area contributed by atoms with Gasteiger partial charge in [-0.3, -0.25) is 0 Å². The molecule has 0 aliphatic carbocycles. The van der Waals surface area contributed by atoms with Crippen LogP contribution in [0.25, 0.3) is 0 Å². The summed E-state index contributed by atoms with van der Waals surface area (Å²) < 4.78 is 16.1. The summed E-state index contributed by atoms with van der Waals surface area (Å²) >= 11 is 0. The number of benzene rings is 1. The molecule has 0 aliphatic rings. The number of aromatic nitrogens is 6. The Bertz CT molecular complexity index is 659. The van der Waals surface area contributed by atoms with Crippen molar-refractivity contribution in [3.05, 3.63) is 61.0 Å². The van der Waals surface area contributed by atoms with Gasteiger partial charge in [-0.05, 0) is 17.7 Å². The second-order valence-corrected chi connectivity index (χ2v) is 5.21. The average Bonchev–Trinajstić information content (AvgIpc) is 3.15. The number of hydrogen-bond acceptors (Lipinski definition) is 5. The Hall–Kier alpha value is -2.61. The van der Waals surface area contributed by atoms with Crippen LogP contribution in [0.2, 0.25) is 0 Å². The van der Waals surface area contributed by atoms with E-state index in [1.165, 1.54) is 37.4 Å². The lowest BCUT2D eigenvalue weighted by Gasteiger charge is -2.28. The molecule has 0 aliphatic heterocycles. The van der Waals surface area contributed by atoms with Gasteiger partial charge < -0.3 is 5.11 Å². The highest BCUT2D eigenvalue weighted by Crippen LogP contribution is 2.18. The zero-order valence-electron chi connectivity index (χ0n) is 11.7. The first-order chi connectivity index (χ1) is 10.6. The third kappa shape index (κ3) is 3.53. The molecule has 22 heavy (non-hydrogen) atoms. The maximum Gasteiger partial charge on any atom is 0.137 e. The fraction of sp³-hybridized carbons (Fsp3) is 0.286. The predicted octanol–water partition coefficient (Wildman–Crippen LogP) is 0.683. The molecule has 0 unspecified atom stereocenters. The van der Waals surface area contributed by atoms with E-state index in [0.717, 1.165) is 5.56 Å². The molecule has 0 amide bonds. The SMILES string of the molecule is OC(Cc1ccc(F)cc1)(Cn1cncn1)Cn1cncn1. The molecule has 0 radical (unpaired) electrons. The molecule has 3 aromatic rings. The highest BCUT2D eigenvalue weighted by atomic mass is 19.1. The van der Waals surface area contributed by atoms with Gasteiger partial charge in [0, 0.05) is 6.42 Å². The lowest BCUT2D eigenvalue weighted by atomic mass is 9.94. The van der Waals surface area contributed by atoms with Crippen LogP contribution in [0.3, 0.4) is 0 Å². The van der Waals surface area contributed by atoms with Crippen LogP contribution in [0.4, 0.5) is 4.39 Å². The fourth-order valence-corrected chi connectivity index (χ4v) is 2.38. The van der Waals surface area contributed by atoms with Crippen molar-refractivity contribution in [3.63, 3.8) is 0 Å². The normalized spacial score (nSPS) is 11.7. The van der Waals surface area contributed by atoms with Crippen molar-refractivity contribution in [1.29, 1.82) is 0 Å². The van der Waals surface area contributed by atoms with E-state index in [-0.39, 0.29) is 18.9 Å². The molecule has 3 rings (SSSR count). The number of halogens is 1. The quantitative estimate of drug-likeness (QED) is 0.724. The summed E-state index contributed by atoms with van der Waals surface area (Å²) in [5.41, 5.74) is -0.330. The maximum atomic E-state index is 13.0. The molecular weight excluding hydrogens is 287 g/mol. The Morgan fingerprint density at radius 1 is 0.955 bits per heavy atom. The van der Waals surface area contributed by atoms with Crippen LogP contribution in [0, 0.1) is 5.82 Å². The first kappa shape index (κ1) is 14.3. The second kappa shape index (κ2) is 6.02. The van der Waals surface area contributed by atoms with Gasteiger partial charge in [-0.1, -0.05) is 12.1 Å². The van der Waals surface area contributed by atoms with Crippen molar-refractivity contribution < 1.29 is 9.50 Å². The van der Waals surface area contributed by atoms with E-state index in [9.17, 15) is 9.50 Å². The molecular formula is C14H15FN6O. The van der Waals surface area contributed by atoms with Gasteiger partial charge in [-0.2, -0.15) is 10.2 Å². The smallest absolute Gasteiger partial charge is 0.137 e. The van der Waals surface area contributed by atoms with E-state index < -0.39 is 5.60 Å². The Morgan fingerprint density at radius 3 is 1.95 bits per heavy atom. The molecule has 0 spiro atoms. The van der Waals surface area contributed by atoms with Crippen LogP contribution in [-0.2, 0) is 19.5 Å².